The van der Waals surface area contributed by atoms with Crippen molar-refractivity contribution in [1.82, 2.24) is 0 Å². The van der Waals surface area contributed by atoms with E-state index in [4.69, 9.17) is 5.21 Å². The van der Waals surface area contributed by atoms with E-state index in [-0.39, 0.29) is 0 Å². The Bertz CT molecular complexity index is 263. The van der Waals surface area contributed by atoms with Gasteiger partial charge >= 0.3 is 0 Å². The van der Waals surface area contributed by atoms with Gasteiger partial charge in [0.1, 0.15) is 0 Å². The van der Waals surface area contributed by atoms with E-state index in [0.717, 1.165) is 42.8 Å². The van der Waals surface area contributed by atoms with Crippen LogP contribution in [0.15, 0.2) is 21.8 Å². The summed E-state index contributed by atoms with van der Waals surface area (Å²) in [7, 11) is 0. The van der Waals surface area contributed by atoms with Crippen LogP contribution in [0.2, 0.25) is 0 Å². The predicted molar refractivity (Wildman–Crippen MR) is 43.5 cm³/mol. The third-order valence-corrected chi connectivity index (χ3v) is 2.15. The molecule has 0 radical (unpaired) electrons. The first-order chi connectivity index (χ1) is 5.42. The van der Waals surface area contributed by atoms with Gasteiger partial charge in [0.05, 0.1) is 12.3 Å². The van der Waals surface area contributed by atoms with Crippen LogP contribution in [-0.4, -0.2) is 23.2 Å². The van der Waals surface area contributed by atoms with Crippen molar-refractivity contribution in [1.29, 1.82) is 0 Å². The predicted octanol–water partition coefficient (Wildman–Crippen LogP) is 1.38. The molecule has 1 saturated carbocycles. The summed E-state index contributed by atoms with van der Waals surface area (Å²) in [6.45, 7) is 0.768. The highest BCUT2D eigenvalue weighted by Crippen LogP contribution is 2.22. The third-order valence-electron chi connectivity index (χ3n) is 2.15. The smallest absolute Gasteiger partial charge is 0.0883 e. The number of nitrogens with zero attached hydrogens (tertiary/aromatic N) is 2. The molecule has 1 N–H and O–H groups in total. The van der Waals surface area contributed by atoms with E-state index in [1.54, 1.807) is 0 Å². The maximum absolute atomic E-state index is 8.63. The lowest BCUT2D eigenvalue weighted by Gasteiger charge is -2.14. The minimum absolute atomic E-state index is 0.768. The van der Waals surface area contributed by atoms with Crippen molar-refractivity contribution >= 4 is 11.4 Å². The third kappa shape index (κ3) is 0.964. The Morgan fingerprint density at radius 1 is 1.45 bits per heavy atom. The Balaban J connectivity index is 2.34. The SMILES string of the molecule is O/N=C1\CCCC2=NCC=C21. The van der Waals surface area contributed by atoms with Gasteiger partial charge in [0.25, 0.3) is 0 Å². The summed E-state index contributed by atoms with van der Waals surface area (Å²) >= 11 is 0. The number of fused-ring (bicyclic) bond motifs is 1. The summed E-state index contributed by atoms with van der Waals surface area (Å²) in [5, 5.41) is 11.9. The quantitative estimate of drug-likeness (QED) is 0.411. The standard InChI is InChI=1S/C8H10N2O/c11-10-8-3-1-2-7-6(8)4-5-9-7/h4,11H,1-3,5H2/b10-8+. The summed E-state index contributed by atoms with van der Waals surface area (Å²) in [4.78, 5) is 4.29. The van der Waals surface area contributed by atoms with Gasteiger partial charge in [-0.3, -0.25) is 4.99 Å². The summed E-state index contributed by atoms with van der Waals surface area (Å²) in [5.41, 5.74) is 3.02. The zero-order valence-electron chi connectivity index (χ0n) is 6.25. The monoisotopic (exact) mass is 150 g/mol. The van der Waals surface area contributed by atoms with Crippen LogP contribution in [0.5, 0.6) is 0 Å². The molecule has 2 aliphatic rings. The summed E-state index contributed by atoms with van der Waals surface area (Å²) in [6.07, 6.45) is 5.03. The van der Waals surface area contributed by atoms with Crippen LogP contribution in [0.3, 0.4) is 0 Å². The molecule has 3 heteroatoms. The second kappa shape index (κ2) is 2.49. The lowest BCUT2D eigenvalue weighted by Crippen LogP contribution is -2.16. The zero-order valence-corrected chi connectivity index (χ0v) is 6.25. The van der Waals surface area contributed by atoms with E-state index < -0.39 is 0 Å². The van der Waals surface area contributed by atoms with Crippen LogP contribution < -0.4 is 0 Å². The number of rotatable bonds is 0. The number of hydrogen-bond acceptors (Lipinski definition) is 3. The normalized spacial score (nSPS) is 26.4. The van der Waals surface area contributed by atoms with Crippen LogP contribution >= 0.6 is 0 Å². The first-order valence-electron chi connectivity index (χ1n) is 3.87. The van der Waals surface area contributed by atoms with E-state index >= 15 is 0 Å². The van der Waals surface area contributed by atoms with Gasteiger partial charge in [-0.05, 0) is 19.3 Å². The van der Waals surface area contributed by atoms with Crippen LogP contribution in [-0.2, 0) is 0 Å². The number of allylic oxidation sites excluding steroid dienone is 1. The van der Waals surface area contributed by atoms with Crippen LogP contribution in [0.4, 0.5) is 0 Å². The second-order valence-corrected chi connectivity index (χ2v) is 2.81. The molecule has 0 aromatic carbocycles. The fourth-order valence-electron chi connectivity index (χ4n) is 1.61. The molecule has 0 aromatic rings. The van der Waals surface area contributed by atoms with Crippen molar-refractivity contribution in [3.05, 3.63) is 11.6 Å². The Morgan fingerprint density at radius 2 is 2.36 bits per heavy atom. The minimum atomic E-state index is 0.768. The number of hydrogen-bond donors (Lipinski definition) is 1. The van der Waals surface area contributed by atoms with Crippen LogP contribution in [0, 0.1) is 0 Å². The van der Waals surface area contributed by atoms with Gasteiger partial charge in [0.15, 0.2) is 0 Å². The van der Waals surface area contributed by atoms with Crippen molar-refractivity contribution < 1.29 is 5.21 Å². The van der Waals surface area contributed by atoms with Gasteiger partial charge in [0.2, 0.25) is 0 Å². The maximum Gasteiger partial charge on any atom is 0.0883 e. The largest absolute Gasteiger partial charge is 0.411 e. The summed E-state index contributed by atoms with van der Waals surface area (Å²) in [6, 6.07) is 0. The number of oxime groups is 1. The molecule has 1 aliphatic carbocycles. The first-order valence-corrected chi connectivity index (χ1v) is 3.87. The van der Waals surface area contributed by atoms with Crippen molar-refractivity contribution in [3.8, 4) is 0 Å². The summed E-state index contributed by atoms with van der Waals surface area (Å²) in [5.74, 6) is 0. The Labute approximate surface area is 65.1 Å². The van der Waals surface area contributed by atoms with Gasteiger partial charge in [-0.25, -0.2) is 0 Å². The molecule has 58 valence electrons. The Kier molecular flexibility index (Phi) is 1.49. The lowest BCUT2D eigenvalue weighted by atomic mass is 9.92. The molecular formula is C8H10N2O. The molecule has 0 aromatic heterocycles. The highest BCUT2D eigenvalue weighted by molar-refractivity contribution is 6.26. The topological polar surface area (TPSA) is 45.0 Å². The van der Waals surface area contributed by atoms with Gasteiger partial charge in [-0.15, -0.1) is 0 Å². The van der Waals surface area contributed by atoms with Gasteiger partial charge in [-0.1, -0.05) is 11.2 Å². The molecule has 2 rings (SSSR count). The van der Waals surface area contributed by atoms with E-state index in [9.17, 15) is 0 Å². The number of aliphatic imine (C=N–C) groups is 1. The molecule has 0 saturated heterocycles. The van der Waals surface area contributed by atoms with Crippen LogP contribution in [0.25, 0.3) is 0 Å². The average Bonchev–Trinajstić information content (AvgIpc) is 2.50. The van der Waals surface area contributed by atoms with E-state index in [0.29, 0.717) is 0 Å². The molecule has 1 heterocycles. The molecule has 0 amide bonds. The maximum atomic E-state index is 8.63. The molecule has 0 bridgehead atoms. The fraction of sp³-hybridized carbons (Fsp3) is 0.500. The Morgan fingerprint density at radius 3 is 3.18 bits per heavy atom. The second-order valence-electron chi connectivity index (χ2n) is 2.81. The van der Waals surface area contributed by atoms with E-state index in [1.807, 2.05) is 6.08 Å². The molecule has 0 spiro atoms. The fourth-order valence-corrected chi connectivity index (χ4v) is 1.61. The van der Waals surface area contributed by atoms with Crippen molar-refractivity contribution in [2.45, 2.75) is 19.3 Å². The van der Waals surface area contributed by atoms with Crippen LogP contribution in [0.1, 0.15) is 19.3 Å². The first kappa shape index (κ1) is 6.58. The molecule has 0 unspecified atom stereocenters. The highest BCUT2D eigenvalue weighted by Gasteiger charge is 2.21. The van der Waals surface area contributed by atoms with Crippen molar-refractivity contribution in [3.63, 3.8) is 0 Å². The average molecular weight is 150 g/mol. The Hall–Kier alpha value is -1.12. The summed E-state index contributed by atoms with van der Waals surface area (Å²) < 4.78 is 0. The highest BCUT2D eigenvalue weighted by atomic mass is 16.4. The van der Waals surface area contributed by atoms with Crippen molar-refractivity contribution in [2.24, 2.45) is 10.1 Å². The minimum Gasteiger partial charge on any atom is -0.411 e. The molecule has 1 fully saturated rings. The van der Waals surface area contributed by atoms with Gasteiger partial charge in [-0.2, -0.15) is 0 Å². The molecule has 3 nitrogen and oxygen atoms in total. The van der Waals surface area contributed by atoms with Crippen molar-refractivity contribution in [2.75, 3.05) is 6.54 Å². The molecular weight excluding hydrogens is 140 g/mol. The molecule has 1 aliphatic heterocycles. The van der Waals surface area contributed by atoms with E-state index in [2.05, 4.69) is 10.1 Å². The molecule has 11 heavy (non-hydrogen) atoms. The zero-order chi connectivity index (χ0) is 7.68. The lowest BCUT2D eigenvalue weighted by molar-refractivity contribution is 0.317. The van der Waals surface area contributed by atoms with E-state index in [1.165, 1.54) is 0 Å². The van der Waals surface area contributed by atoms with Gasteiger partial charge < -0.3 is 5.21 Å². The van der Waals surface area contributed by atoms with Gasteiger partial charge in [0, 0.05) is 11.3 Å². The molecule has 0 atom stereocenters.